The van der Waals surface area contributed by atoms with Crippen LogP contribution in [0.2, 0.25) is 0 Å². The lowest BCUT2D eigenvalue weighted by Crippen LogP contribution is -2.49. The van der Waals surface area contributed by atoms with E-state index in [4.69, 9.17) is 0 Å². The number of pyridine rings is 1. The van der Waals surface area contributed by atoms with E-state index < -0.39 is 53.1 Å². The molecule has 228 valence electrons. The van der Waals surface area contributed by atoms with Crippen LogP contribution in [0.3, 0.4) is 0 Å². The van der Waals surface area contributed by atoms with Crippen molar-refractivity contribution in [2.45, 2.75) is 65.2 Å². The molecule has 1 amide bonds. The summed E-state index contributed by atoms with van der Waals surface area (Å²) in [6, 6.07) is 5.44. The zero-order valence-electron chi connectivity index (χ0n) is 24.2. The molecule has 1 saturated carbocycles. The Morgan fingerprint density at radius 3 is 2.40 bits per heavy atom. The highest BCUT2D eigenvalue weighted by Gasteiger charge is 2.54. The predicted octanol–water partition coefficient (Wildman–Crippen LogP) is 5.12. The van der Waals surface area contributed by atoms with Crippen LogP contribution in [0.25, 0.3) is 0 Å². The second-order valence-corrected chi connectivity index (χ2v) is 12.7. The maximum Gasteiger partial charge on any atom is 0.406 e. The highest BCUT2D eigenvalue weighted by atomic mass is 19.4. The van der Waals surface area contributed by atoms with Crippen LogP contribution in [-0.2, 0) is 25.6 Å². The van der Waals surface area contributed by atoms with Gasteiger partial charge in [0.25, 0.3) is 11.5 Å². The Bertz CT molecular complexity index is 1520. The molecule has 1 aromatic carbocycles. The summed E-state index contributed by atoms with van der Waals surface area (Å²) in [6.07, 6.45) is -0.790. The molecule has 0 atom stereocenters. The molecule has 0 saturated heterocycles. The molecule has 1 aliphatic carbocycles. The topological polar surface area (TPSA) is 93.8 Å². The van der Waals surface area contributed by atoms with Crippen molar-refractivity contribution in [3.63, 3.8) is 0 Å². The van der Waals surface area contributed by atoms with Gasteiger partial charge in [0.15, 0.2) is 0 Å². The van der Waals surface area contributed by atoms with Gasteiger partial charge in [-0.3, -0.25) is 14.0 Å². The molecule has 13 heteroatoms. The number of anilines is 1. The van der Waals surface area contributed by atoms with Gasteiger partial charge >= 0.3 is 6.18 Å². The van der Waals surface area contributed by atoms with Crippen molar-refractivity contribution < 1.29 is 26.7 Å². The third-order valence-electron chi connectivity index (χ3n) is 7.50. The van der Waals surface area contributed by atoms with E-state index in [0.717, 1.165) is 12.3 Å². The van der Waals surface area contributed by atoms with Crippen LogP contribution in [0.5, 0.6) is 0 Å². The van der Waals surface area contributed by atoms with Crippen LogP contribution < -0.4 is 16.2 Å². The largest absolute Gasteiger partial charge is 0.406 e. The Labute approximate surface area is 240 Å². The first-order valence-electron chi connectivity index (χ1n) is 13.5. The Hall–Kier alpha value is -3.61. The standard InChI is InChI=1S/C29H35F5N6O2/c1-26(2)12-28(13-26,25-38-36-17-39(25)5)19-6-7-21(31)22(9-19)37-23(41)20-8-18(10-35-15-27(3,4)14-30)11-40(24(20)42)16-29(32,33)34/h6-9,11,17,35H,10,12-16H2,1-5H3,(H,37,41). The molecule has 0 unspecified atom stereocenters. The Morgan fingerprint density at radius 1 is 1.14 bits per heavy atom. The van der Waals surface area contributed by atoms with Gasteiger partial charge in [0.1, 0.15) is 30.1 Å². The van der Waals surface area contributed by atoms with Crippen molar-refractivity contribution in [2.24, 2.45) is 17.9 Å². The van der Waals surface area contributed by atoms with Gasteiger partial charge in [0.05, 0.1) is 17.8 Å². The highest BCUT2D eigenvalue weighted by Crippen LogP contribution is 2.58. The SMILES string of the molecule is Cn1cnnc1C1(c2ccc(F)c(NC(=O)c3cc(CNCC(C)(C)CF)cn(CC(F)(F)F)c3=O)c2)CC(C)(C)C1. The molecule has 4 rings (SSSR count). The number of rotatable bonds is 10. The number of benzene rings is 1. The molecule has 0 bridgehead atoms. The average molecular weight is 595 g/mol. The number of halogens is 5. The molecule has 0 radical (unpaired) electrons. The second-order valence-electron chi connectivity index (χ2n) is 12.7. The van der Waals surface area contributed by atoms with Crippen LogP contribution >= 0.6 is 0 Å². The number of aromatic nitrogens is 4. The monoisotopic (exact) mass is 594 g/mol. The van der Waals surface area contributed by atoms with Crippen molar-refractivity contribution in [1.29, 1.82) is 0 Å². The van der Waals surface area contributed by atoms with E-state index in [-0.39, 0.29) is 29.8 Å². The van der Waals surface area contributed by atoms with Gasteiger partial charge in [-0.2, -0.15) is 13.2 Å². The van der Waals surface area contributed by atoms with Crippen LogP contribution in [0.4, 0.5) is 27.6 Å². The number of alkyl halides is 4. The number of aryl methyl sites for hydroxylation is 1. The molecule has 2 heterocycles. The Morgan fingerprint density at radius 2 is 1.83 bits per heavy atom. The minimum Gasteiger partial charge on any atom is -0.320 e. The molecule has 0 spiro atoms. The van der Waals surface area contributed by atoms with E-state index in [1.54, 1.807) is 37.9 Å². The molecule has 42 heavy (non-hydrogen) atoms. The number of amides is 1. The van der Waals surface area contributed by atoms with Crippen molar-refractivity contribution in [3.05, 3.63) is 75.5 Å². The number of carbonyl (C=O) groups is 1. The van der Waals surface area contributed by atoms with Gasteiger partial charge in [-0.15, -0.1) is 10.2 Å². The van der Waals surface area contributed by atoms with Crippen molar-refractivity contribution in [2.75, 3.05) is 18.5 Å². The van der Waals surface area contributed by atoms with Crippen LogP contribution in [-0.4, -0.2) is 44.6 Å². The van der Waals surface area contributed by atoms with Gasteiger partial charge in [0.2, 0.25) is 0 Å². The fourth-order valence-corrected chi connectivity index (χ4v) is 5.76. The van der Waals surface area contributed by atoms with Crippen molar-refractivity contribution in [3.8, 4) is 0 Å². The lowest BCUT2D eigenvalue weighted by Gasteiger charge is -2.52. The first kappa shape index (κ1) is 31.3. The number of nitrogens with one attached hydrogen (secondary N) is 2. The Kier molecular flexibility index (Phi) is 8.38. The van der Waals surface area contributed by atoms with E-state index in [1.807, 2.05) is 0 Å². The first-order valence-corrected chi connectivity index (χ1v) is 13.5. The van der Waals surface area contributed by atoms with Crippen LogP contribution in [0.1, 0.15) is 67.8 Å². The van der Waals surface area contributed by atoms with Gasteiger partial charge in [-0.25, -0.2) is 4.39 Å². The fraction of sp³-hybridized carbons (Fsp3) is 0.517. The van der Waals surface area contributed by atoms with Gasteiger partial charge in [0, 0.05) is 31.7 Å². The summed E-state index contributed by atoms with van der Waals surface area (Å²) in [7, 11) is 1.81. The van der Waals surface area contributed by atoms with Crippen LogP contribution in [0.15, 0.2) is 41.6 Å². The van der Waals surface area contributed by atoms with Crippen molar-refractivity contribution in [1.82, 2.24) is 24.6 Å². The molecule has 3 aromatic rings. The third-order valence-corrected chi connectivity index (χ3v) is 7.50. The van der Waals surface area contributed by atoms with E-state index in [9.17, 15) is 27.2 Å². The van der Waals surface area contributed by atoms with E-state index >= 15 is 4.39 Å². The summed E-state index contributed by atoms with van der Waals surface area (Å²) in [5.41, 5.74) is -2.45. The number of nitrogens with zero attached hydrogens (tertiary/aromatic N) is 4. The van der Waals surface area contributed by atoms with E-state index in [2.05, 4.69) is 34.7 Å². The molecule has 2 N–H and O–H groups in total. The maximum atomic E-state index is 15.0. The summed E-state index contributed by atoms with van der Waals surface area (Å²) in [6.45, 7) is 5.47. The summed E-state index contributed by atoms with van der Waals surface area (Å²) < 4.78 is 70.1. The third kappa shape index (κ3) is 6.71. The second kappa shape index (κ2) is 11.2. The molecule has 8 nitrogen and oxygen atoms in total. The quantitative estimate of drug-likeness (QED) is 0.318. The first-order chi connectivity index (χ1) is 19.5. The average Bonchev–Trinajstić information content (AvgIpc) is 3.30. The molecular formula is C29H35F5N6O2. The van der Waals surface area contributed by atoms with E-state index in [1.165, 1.54) is 12.1 Å². The van der Waals surface area contributed by atoms with Gasteiger partial charge in [-0.1, -0.05) is 33.8 Å². The maximum absolute atomic E-state index is 15.0. The highest BCUT2D eigenvalue weighted by molar-refractivity contribution is 6.04. The summed E-state index contributed by atoms with van der Waals surface area (Å²) >= 11 is 0. The molecular weight excluding hydrogens is 559 g/mol. The summed E-state index contributed by atoms with van der Waals surface area (Å²) in [5, 5.41) is 13.6. The normalized spacial score (nSPS) is 16.2. The zero-order valence-corrected chi connectivity index (χ0v) is 24.2. The summed E-state index contributed by atoms with van der Waals surface area (Å²) in [4.78, 5) is 26.3. The molecule has 1 fully saturated rings. The predicted molar refractivity (Wildman–Crippen MR) is 147 cm³/mol. The smallest absolute Gasteiger partial charge is 0.320 e. The van der Waals surface area contributed by atoms with Crippen LogP contribution in [0, 0.1) is 16.6 Å². The minimum atomic E-state index is -4.73. The lowest BCUT2D eigenvalue weighted by atomic mass is 9.51. The molecule has 0 aliphatic heterocycles. The van der Waals surface area contributed by atoms with Crippen molar-refractivity contribution >= 4 is 11.6 Å². The number of carbonyl (C=O) groups excluding carboxylic acids is 1. The fourth-order valence-electron chi connectivity index (χ4n) is 5.76. The Balaban J connectivity index is 1.67. The number of hydrogen-bond acceptors (Lipinski definition) is 5. The summed E-state index contributed by atoms with van der Waals surface area (Å²) in [5.74, 6) is -1.16. The van der Waals surface area contributed by atoms with Gasteiger partial charge < -0.3 is 19.8 Å². The molecule has 2 aromatic heterocycles. The zero-order chi connectivity index (χ0) is 31.1. The van der Waals surface area contributed by atoms with Gasteiger partial charge in [-0.05, 0) is 47.6 Å². The van der Waals surface area contributed by atoms with E-state index in [0.29, 0.717) is 28.8 Å². The number of hydrogen-bond donors (Lipinski definition) is 2. The lowest BCUT2D eigenvalue weighted by molar-refractivity contribution is -0.141. The minimum absolute atomic E-state index is 0.0261. The molecule has 1 aliphatic rings.